The molecule has 0 aliphatic rings. The van der Waals surface area contributed by atoms with Gasteiger partial charge in [0, 0.05) is 0 Å². The van der Waals surface area contributed by atoms with Gasteiger partial charge in [-0.2, -0.15) is 0 Å². The third kappa shape index (κ3) is 4.30. The smallest absolute Gasteiger partial charge is 0.160 e. The zero-order chi connectivity index (χ0) is 15.1. The van der Waals surface area contributed by atoms with Crippen LogP contribution in [0, 0.1) is 27.7 Å². The van der Waals surface area contributed by atoms with E-state index in [-0.39, 0.29) is 0 Å². The number of hydrogen-bond acceptors (Lipinski definition) is 2. The Hall–Kier alpha value is -1.96. The summed E-state index contributed by atoms with van der Waals surface area (Å²) in [5.74, 6) is 1.58. The SMILES string of the molecule is COc1cc(C)c(C)cc1OC.Cc1ccccc1C. The van der Waals surface area contributed by atoms with Gasteiger partial charge in [0.05, 0.1) is 14.2 Å². The van der Waals surface area contributed by atoms with Crippen LogP contribution in [0.4, 0.5) is 0 Å². The standard InChI is InChI=1S/C10H14O2.C8H10/c1-7-5-9(11-3)10(12-4)6-8(7)2;1-7-5-3-4-6-8(7)2/h5-6H,1-4H3;3-6H,1-2H3. The minimum Gasteiger partial charge on any atom is -0.493 e. The zero-order valence-corrected chi connectivity index (χ0v) is 13.3. The minimum absolute atomic E-state index is 0.792. The molecule has 108 valence electrons. The van der Waals surface area contributed by atoms with Crippen molar-refractivity contribution in [1.29, 1.82) is 0 Å². The number of aryl methyl sites for hydroxylation is 4. The van der Waals surface area contributed by atoms with E-state index in [1.54, 1.807) is 14.2 Å². The number of benzene rings is 2. The van der Waals surface area contributed by atoms with Gasteiger partial charge in [-0.05, 0) is 62.1 Å². The van der Waals surface area contributed by atoms with Crippen LogP contribution in [-0.4, -0.2) is 14.2 Å². The fourth-order valence-electron chi connectivity index (χ4n) is 1.74. The maximum atomic E-state index is 5.15. The second-order valence-corrected chi connectivity index (χ2v) is 4.88. The maximum Gasteiger partial charge on any atom is 0.160 e. The monoisotopic (exact) mass is 272 g/mol. The second kappa shape index (κ2) is 7.59. The van der Waals surface area contributed by atoms with Crippen molar-refractivity contribution in [2.75, 3.05) is 14.2 Å². The van der Waals surface area contributed by atoms with E-state index in [0.717, 1.165) is 11.5 Å². The molecule has 0 saturated heterocycles. The minimum atomic E-state index is 0.792. The van der Waals surface area contributed by atoms with E-state index < -0.39 is 0 Å². The lowest BCUT2D eigenvalue weighted by Crippen LogP contribution is -1.92. The molecule has 0 saturated carbocycles. The Balaban J connectivity index is 0.000000217. The third-order valence-corrected chi connectivity index (χ3v) is 3.43. The molecule has 0 fully saturated rings. The Kier molecular flexibility index (Phi) is 6.10. The van der Waals surface area contributed by atoms with Crippen LogP contribution in [0.1, 0.15) is 22.3 Å². The third-order valence-electron chi connectivity index (χ3n) is 3.43. The van der Waals surface area contributed by atoms with Gasteiger partial charge >= 0.3 is 0 Å². The van der Waals surface area contributed by atoms with Crippen molar-refractivity contribution < 1.29 is 9.47 Å². The Morgan fingerprint density at radius 2 is 0.950 bits per heavy atom. The van der Waals surface area contributed by atoms with Crippen LogP contribution in [0.2, 0.25) is 0 Å². The van der Waals surface area contributed by atoms with Crippen molar-refractivity contribution in [2.24, 2.45) is 0 Å². The fraction of sp³-hybridized carbons (Fsp3) is 0.333. The molecule has 2 rings (SSSR count). The predicted molar refractivity (Wildman–Crippen MR) is 84.9 cm³/mol. The van der Waals surface area contributed by atoms with E-state index in [1.807, 2.05) is 12.1 Å². The first kappa shape index (κ1) is 16.1. The lowest BCUT2D eigenvalue weighted by atomic mass is 10.1. The molecule has 0 aliphatic heterocycles. The summed E-state index contributed by atoms with van der Waals surface area (Å²) in [4.78, 5) is 0. The van der Waals surface area contributed by atoms with Crippen LogP contribution in [0.25, 0.3) is 0 Å². The summed E-state index contributed by atoms with van der Waals surface area (Å²) in [5, 5.41) is 0. The quantitative estimate of drug-likeness (QED) is 0.794. The summed E-state index contributed by atoms with van der Waals surface area (Å²) in [6.45, 7) is 8.35. The average molecular weight is 272 g/mol. The molecule has 0 amide bonds. The van der Waals surface area contributed by atoms with Crippen molar-refractivity contribution in [1.82, 2.24) is 0 Å². The highest BCUT2D eigenvalue weighted by molar-refractivity contribution is 5.46. The van der Waals surface area contributed by atoms with Crippen molar-refractivity contribution in [3.63, 3.8) is 0 Å². The highest BCUT2D eigenvalue weighted by Crippen LogP contribution is 2.29. The van der Waals surface area contributed by atoms with Crippen LogP contribution in [0.3, 0.4) is 0 Å². The van der Waals surface area contributed by atoms with Crippen LogP contribution >= 0.6 is 0 Å². The van der Waals surface area contributed by atoms with E-state index in [9.17, 15) is 0 Å². The Bertz CT molecular complexity index is 509. The van der Waals surface area contributed by atoms with Gasteiger partial charge in [0.2, 0.25) is 0 Å². The molecule has 2 aromatic carbocycles. The number of ether oxygens (including phenoxy) is 2. The summed E-state index contributed by atoms with van der Waals surface area (Å²) in [6.07, 6.45) is 0. The van der Waals surface area contributed by atoms with Crippen LogP contribution in [-0.2, 0) is 0 Å². The molecule has 0 aromatic heterocycles. The van der Waals surface area contributed by atoms with Crippen LogP contribution < -0.4 is 9.47 Å². The molecule has 0 bridgehead atoms. The lowest BCUT2D eigenvalue weighted by molar-refractivity contribution is 0.354. The van der Waals surface area contributed by atoms with Gasteiger partial charge in [-0.1, -0.05) is 24.3 Å². The summed E-state index contributed by atoms with van der Waals surface area (Å²) in [5.41, 5.74) is 5.17. The van der Waals surface area contributed by atoms with Crippen molar-refractivity contribution in [2.45, 2.75) is 27.7 Å². The van der Waals surface area contributed by atoms with Gasteiger partial charge in [-0.15, -0.1) is 0 Å². The number of rotatable bonds is 2. The summed E-state index contributed by atoms with van der Waals surface area (Å²) in [7, 11) is 3.29. The zero-order valence-electron chi connectivity index (χ0n) is 13.3. The van der Waals surface area contributed by atoms with Crippen LogP contribution in [0.5, 0.6) is 11.5 Å². The highest BCUT2D eigenvalue weighted by atomic mass is 16.5. The molecule has 0 unspecified atom stereocenters. The molecule has 2 aromatic rings. The first-order valence-electron chi connectivity index (χ1n) is 6.71. The van der Waals surface area contributed by atoms with Gasteiger partial charge in [0.25, 0.3) is 0 Å². The molecule has 0 aliphatic carbocycles. The second-order valence-electron chi connectivity index (χ2n) is 4.88. The van der Waals surface area contributed by atoms with Gasteiger partial charge < -0.3 is 9.47 Å². The molecule has 2 nitrogen and oxygen atoms in total. The van der Waals surface area contributed by atoms with Crippen molar-refractivity contribution in [3.8, 4) is 11.5 Å². The molecular formula is C18H24O2. The molecular weight excluding hydrogens is 248 g/mol. The molecule has 0 N–H and O–H groups in total. The van der Waals surface area contributed by atoms with Gasteiger partial charge in [-0.3, -0.25) is 0 Å². The topological polar surface area (TPSA) is 18.5 Å². The molecule has 0 radical (unpaired) electrons. The molecule has 20 heavy (non-hydrogen) atoms. The van der Waals surface area contributed by atoms with E-state index in [1.165, 1.54) is 22.3 Å². The van der Waals surface area contributed by atoms with Crippen LogP contribution in [0.15, 0.2) is 36.4 Å². The normalized spacial score (nSPS) is 9.50. The number of hydrogen-bond donors (Lipinski definition) is 0. The molecule has 0 heterocycles. The fourth-order valence-corrected chi connectivity index (χ4v) is 1.74. The molecule has 2 heteroatoms. The summed E-state index contributed by atoms with van der Waals surface area (Å²) >= 11 is 0. The summed E-state index contributed by atoms with van der Waals surface area (Å²) in [6, 6.07) is 12.3. The van der Waals surface area contributed by atoms with E-state index >= 15 is 0 Å². The Labute approximate surface area is 122 Å². The van der Waals surface area contributed by atoms with Crippen molar-refractivity contribution >= 4 is 0 Å². The average Bonchev–Trinajstić information content (AvgIpc) is 2.45. The number of methoxy groups -OCH3 is 2. The Morgan fingerprint density at radius 3 is 1.20 bits per heavy atom. The van der Waals surface area contributed by atoms with E-state index in [4.69, 9.17) is 9.47 Å². The largest absolute Gasteiger partial charge is 0.493 e. The first-order chi connectivity index (χ1) is 9.49. The van der Waals surface area contributed by atoms with Crippen molar-refractivity contribution in [3.05, 3.63) is 58.7 Å². The molecule has 0 spiro atoms. The maximum absolute atomic E-state index is 5.15. The summed E-state index contributed by atoms with van der Waals surface area (Å²) < 4.78 is 10.3. The Morgan fingerprint density at radius 1 is 0.600 bits per heavy atom. The van der Waals surface area contributed by atoms with Gasteiger partial charge in [-0.25, -0.2) is 0 Å². The van der Waals surface area contributed by atoms with Gasteiger partial charge in [0.15, 0.2) is 11.5 Å². The van der Waals surface area contributed by atoms with Gasteiger partial charge in [0.1, 0.15) is 0 Å². The first-order valence-corrected chi connectivity index (χ1v) is 6.71. The molecule has 0 atom stereocenters. The lowest BCUT2D eigenvalue weighted by Gasteiger charge is -2.09. The van der Waals surface area contributed by atoms with E-state index in [2.05, 4.69) is 52.0 Å². The predicted octanol–water partition coefficient (Wildman–Crippen LogP) is 4.62. The highest BCUT2D eigenvalue weighted by Gasteiger charge is 2.04. The van der Waals surface area contributed by atoms with E-state index in [0.29, 0.717) is 0 Å².